The first-order valence-electron chi connectivity index (χ1n) is 7.23. The summed E-state index contributed by atoms with van der Waals surface area (Å²) in [7, 11) is 0. The third-order valence-electron chi connectivity index (χ3n) is 3.66. The van der Waals surface area contributed by atoms with E-state index in [1.807, 2.05) is 30.3 Å². The quantitative estimate of drug-likeness (QED) is 0.855. The largest absolute Gasteiger partial charge is 0.367 e. The summed E-state index contributed by atoms with van der Waals surface area (Å²) in [6.45, 7) is 1.47. The molecule has 0 atom stereocenters. The maximum Gasteiger partial charge on any atom is 0.246 e. The van der Waals surface area contributed by atoms with Gasteiger partial charge < -0.3 is 10.1 Å². The summed E-state index contributed by atoms with van der Waals surface area (Å²) in [5.74, 6) is 0.674. The van der Waals surface area contributed by atoms with Crippen molar-refractivity contribution in [3.8, 4) is 0 Å². The van der Waals surface area contributed by atoms with E-state index in [1.165, 1.54) is 32.1 Å². The van der Waals surface area contributed by atoms with Gasteiger partial charge in [-0.15, -0.1) is 0 Å². The predicted octanol–water partition coefficient (Wildman–Crippen LogP) is 2.90. The predicted molar refractivity (Wildman–Crippen MR) is 75.7 cm³/mol. The van der Waals surface area contributed by atoms with Crippen LogP contribution in [0.2, 0.25) is 0 Å². The summed E-state index contributed by atoms with van der Waals surface area (Å²) in [5, 5.41) is 2.97. The molecule has 1 aromatic carbocycles. The van der Waals surface area contributed by atoms with E-state index in [2.05, 4.69) is 5.32 Å². The first kappa shape index (κ1) is 14.1. The molecule has 1 N–H and O–H groups in total. The van der Waals surface area contributed by atoms with Crippen molar-refractivity contribution in [3.05, 3.63) is 35.9 Å². The Morgan fingerprint density at radius 1 is 1.16 bits per heavy atom. The Balaban J connectivity index is 1.57. The number of hydrogen-bond acceptors (Lipinski definition) is 2. The molecule has 1 fully saturated rings. The molecule has 0 bridgehead atoms. The topological polar surface area (TPSA) is 38.3 Å². The first-order chi connectivity index (χ1) is 9.34. The minimum absolute atomic E-state index is 0.00139. The van der Waals surface area contributed by atoms with Crippen molar-refractivity contribution in [1.82, 2.24) is 5.32 Å². The first-order valence-corrected chi connectivity index (χ1v) is 7.23. The van der Waals surface area contributed by atoms with Crippen LogP contribution in [0, 0.1) is 5.92 Å². The van der Waals surface area contributed by atoms with Gasteiger partial charge in [0.1, 0.15) is 6.61 Å². The van der Waals surface area contributed by atoms with E-state index in [1.54, 1.807) is 0 Å². The Morgan fingerprint density at radius 3 is 2.63 bits per heavy atom. The second kappa shape index (κ2) is 7.95. The molecule has 1 aliphatic carbocycles. The fraction of sp³-hybridized carbons (Fsp3) is 0.562. The number of ether oxygens (including phenoxy) is 1. The highest BCUT2D eigenvalue weighted by Crippen LogP contribution is 2.22. The zero-order valence-electron chi connectivity index (χ0n) is 11.4. The summed E-state index contributed by atoms with van der Waals surface area (Å²) in [5.41, 5.74) is 1.10. The summed E-state index contributed by atoms with van der Waals surface area (Å²) in [6.07, 6.45) is 6.48. The van der Waals surface area contributed by atoms with Gasteiger partial charge in [0, 0.05) is 6.54 Å². The van der Waals surface area contributed by atoms with Crippen molar-refractivity contribution in [2.24, 2.45) is 5.92 Å². The van der Waals surface area contributed by atoms with Gasteiger partial charge in [-0.2, -0.15) is 0 Å². The van der Waals surface area contributed by atoms with E-state index >= 15 is 0 Å². The lowest BCUT2D eigenvalue weighted by Gasteiger charge is -2.21. The second-order valence-electron chi connectivity index (χ2n) is 5.29. The Hall–Kier alpha value is -1.35. The fourth-order valence-electron chi connectivity index (χ4n) is 2.54. The van der Waals surface area contributed by atoms with Gasteiger partial charge in [-0.25, -0.2) is 0 Å². The Labute approximate surface area is 115 Å². The minimum atomic E-state index is 0.00139. The molecule has 1 saturated carbocycles. The lowest BCUT2D eigenvalue weighted by Crippen LogP contribution is -2.32. The average Bonchev–Trinajstić information content (AvgIpc) is 2.47. The van der Waals surface area contributed by atoms with Crippen LogP contribution in [-0.4, -0.2) is 19.1 Å². The number of benzene rings is 1. The maximum absolute atomic E-state index is 11.6. The lowest BCUT2D eigenvalue weighted by atomic mass is 9.89. The second-order valence-corrected chi connectivity index (χ2v) is 5.29. The Morgan fingerprint density at radius 2 is 1.89 bits per heavy atom. The zero-order chi connectivity index (χ0) is 13.3. The Kier molecular flexibility index (Phi) is 5.89. The molecule has 0 aromatic heterocycles. The highest BCUT2D eigenvalue weighted by molar-refractivity contribution is 5.77. The molecule has 3 heteroatoms. The smallest absolute Gasteiger partial charge is 0.246 e. The summed E-state index contributed by atoms with van der Waals surface area (Å²) in [6, 6.07) is 9.92. The van der Waals surface area contributed by atoms with E-state index in [-0.39, 0.29) is 12.5 Å². The standard InChI is InChI=1S/C16H23NO2/c18-16(17-11-14-7-3-1-4-8-14)13-19-12-15-9-5-2-6-10-15/h2,5-6,9-10,14H,1,3-4,7-8,11-13H2,(H,17,18). The third kappa shape index (κ3) is 5.43. The van der Waals surface area contributed by atoms with Crippen molar-refractivity contribution >= 4 is 5.91 Å². The summed E-state index contributed by atoms with van der Waals surface area (Å²) in [4.78, 5) is 11.6. The minimum Gasteiger partial charge on any atom is -0.367 e. The summed E-state index contributed by atoms with van der Waals surface area (Å²) >= 11 is 0. The van der Waals surface area contributed by atoms with Crippen LogP contribution in [0.1, 0.15) is 37.7 Å². The molecule has 0 heterocycles. The van der Waals surface area contributed by atoms with E-state index in [4.69, 9.17) is 4.74 Å². The highest BCUT2D eigenvalue weighted by Gasteiger charge is 2.14. The number of carbonyl (C=O) groups excluding carboxylic acids is 1. The lowest BCUT2D eigenvalue weighted by molar-refractivity contribution is -0.126. The molecule has 0 radical (unpaired) electrons. The summed E-state index contributed by atoms with van der Waals surface area (Å²) < 4.78 is 5.41. The molecule has 0 aliphatic heterocycles. The van der Waals surface area contributed by atoms with E-state index in [0.29, 0.717) is 12.5 Å². The van der Waals surface area contributed by atoms with Crippen LogP contribution < -0.4 is 5.32 Å². The Bertz CT molecular complexity index is 372. The third-order valence-corrected chi connectivity index (χ3v) is 3.66. The van der Waals surface area contributed by atoms with Gasteiger partial charge in [0.05, 0.1) is 6.61 Å². The van der Waals surface area contributed by atoms with Crippen LogP contribution in [0.15, 0.2) is 30.3 Å². The number of amides is 1. The fourth-order valence-corrected chi connectivity index (χ4v) is 2.54. The molecule has 19 heavy (non-hydrogen) atoms. The molecule has 0 spiro atoms. The molecule has 0 saturated heterocycles. The van der Waals surface area contributed by atoms with E-state index in [9.17, 15) is 4.79 Å². The van der Waals surface area contributed by atoms with Gasteiger partial charge >= 0.3 is 0 Å². The molecule has 0 unspecified atom stereocenters. The van der Waals surface area contributed by atoms with Gasteiger partial charge in [-0.05, 0) is 24.3 Å². The highest BCUT2D eigenvalue weighted by atomic mass is 16.5. The molecule has 2 rings (SSSR count). The van der Waals surface area contributed by atoms with Crippen LogP contribution in [-0.2, 0) is 16.1 Å². The molecule has 1 aliphatic rings. The monoisotopic (exact) mass is 261 g/mol. The molecule has 3 nitrogen and oxygen atoms in total. The zero-order valence-corrected chi connectivity index (χ0v) is 11.4. The van der Waals surface area contributed by atoms with Crippen molar-refractivity contribution in [3.63, 3.8) is 0 Å². The molecular weight excluding hydrogens is 238 g/mol. The SMILES string of the molecule is O=C(COCc1ccccc1)NCC1CCCCC1. The van der Waals surface area contributed by atoms with Gasteiger partial charge in [-0.1, -0.05) is 49.6 Å². The normalized spacial score (nSPS) is 16.2. The van der Waals surface area contributed by atoms with E-state index in [0.717, 1.165) is 12.1 Å². The number of nitrogens with one attached hydrogen (secondary N) is 1. The van der Waals surface area contributed by atoms with Crippen molar-refractivity contribution in [2.75, 3.05) is 13.2 Å². The van der Waals surface area contributed by atoms with Gasteiger partial charge in [0.15, 0.2) is 0 Å². The van der Waals surface area contributed by atoms with Crippen molar-refractivity contribution < 1.29 is 9.53 Å². The van der Waals surface area contributed by atoms with Crippen LogP contribution in [0.4, 0.5) is 0 Å². The van der Waals surface area contributed by atoms with Crippen LogP contribution in [0.5, 0.6) is 0 Å². The van der Waals surface area contributed by atoms with Crippen LogP contribution in [0.3, 0.4) is 0 Å². The van der Waals surface area contributed by atoms with Gasteiger partial charge in [-0.3, -0.25) is 4.79 Å². The van der Waals surface area contributed by atoms with Crippen LogP contribution in [0.25, 0.3) is 0 Å². The van der Waals surface area contributed by atoms with Crippen LogP contribution >= 0.6 is 0 Å². The maximum atomic E-state index is 11.6. The number of rotatable bonds is 6. The molecule has 1 aromatic rings. The molecule has 104 valence electrons. The average molecular weight is 261 g/mol. The van der Waals surface area contributed by atoms with Crippen molar-refractivity contribution in [2.45, 2.75) is 38.7 Å². The van der Waals surface area contributed by atoms with Gasteiger partial charge in [0.2, 0.25) is 5.91 Å². The number of hydrogen-bond donors (Lipinski definition) is 1. The number of carbonyl (C=O) groups is 1. The molecule has 1 amide bonds. The van der Waals surface area contributed by atoms with Crippen molar-refractivity contribution in [1.29, 1.82) is 0 Å². The van der Waals surface area contributed by atoms with Gasteiger partial charge in [0.25, 0.3) is 0 Å². The van der Waals surface area contributed by atoms with E-state index < -0.39 is 0 Å². The molecular formula is C16H23NO2.